The fourth-order valence-electron chi connectivity index (χ4n) is 5.92. The van der Waals surface area contributed by atoms with E-state index in [1.807, 2.05) is 48.5 Å². The molecule has 7 rings (SSSR count). The predicted octanol–water partition coefficient (Wildman–Crippen LogP) is 3.92. The van der Waals surface area contributed by atoms with Gasteiger partial charge >= 0.3 is 5.97 Å². The fraction of sp³-hybridized carbons (Fsp3) is 0.185. The van der Waals surface area contributed by atoms with Gasteiger partial charge in [0.2, 0.25) is 17.7 Å². The van der Waals surface area contributed by atoms with Gasteiger partial charge in [0.15, 0.2) is 0 Å². The average Bonchev–Trinajstić information content (AvgIpc) is 3.13. The van der Waals surface area contributed by atoms with Crippen LogP contribution in [0.2, 0.25) is 0 Å². The lowest BCUT2D eigenvalue weighted by Crippen LogP contribution is -2.57. The van der Waals surface area contributed by atoms with Crippen LogP contribution in [0.5, 0.6) is 0 Å². The quantitative estimate of drug-likeness (QED) is 0.400. The number of carboxylic acids is 1. The number of hydrogen-bond acceptors (Lipinski definition) is 4. The molecule has 0 unspecified atom stereocenters. The normalized spacial score (nSPS) is 27.3. The minimum absolute atomic E-state index is 0.0661. The molecule has 9 heteroatoms. The molecule has 2 bridgehead atoms. The molecule has 36 heavy (non-hydrogen) atoms. The maximum absolute atomic E-state index is 13.7. The zero-order valence-corrected chi connectivity index (χ0v) is 20.1. The van der Waals surface area contributed by atoms with Gasteiger partial charge in [0.1, 0.15) is 16.3 Å². The number of benzene rings is 3. The van der Waals surface area contributed by atoms with Gasteiger partial charge in [0.05, 0.1) is 17.4 Å². The summed E-state index contributed by atoms with van der Waals surface area (Å²) < 4.78 is 0. The summed E-state index contributed by atoms with van der Waals surface area (Å²) in [6.07, 6.45) is 0. The minimum atomic E-state index is -1.31. The number of anilines is 1. The number of likely N-dealkylation sites (tertiary alicyclic amines) is 1. The van der Waals surface area contributed by atoms with Gasteiger partial charge < -0.3 is 10.4 Å². The molecule has 1 fully saturated rings. The number of carbonyl (C=O) groups is 4. The maximum atomic E-state index is 13.7. The predicted molar refractivity (Wildman–Crippen MR) is 132 cm³/mol. The third-order valence-electron chi connectivity index (χ3n) is 7.39. The molecule has 4 aliphatic rings. The van der Waals surface area contributed by atoms with E-state index in [0.29, 0.717) is 27.9 Å². The second-order valence-corrected chi connectivity index (χ2v) is 10.4. The lowest BCUT2D eigenvalue weighted by atomic mass is 9.54. The molecule has 0 aromatic heterocycles. The van der Waals surface area contributed by atoms with Crippen LogP contribution in [0.1, 0.15) is 32.6 Å². The number of alkyl halides is 2. The summed E-state index contributed by atoms with van der Waals surface area (Å²) in [7, 11) is 0. The van der Waals surface area contributed by atoms with E-state index in [1.165, 1.54) is 24.3 Å². The summed E-state index contributed by atoms with van der Waals surface area (Å²) in [6.45, 7) is -0.516. The molecule has 3 aromatic rings. The smallest absolute Gasteiger partial charge is 0.335 e. The van der Waals surface area contributed by atoms with Crippen molar-refractivity contribution in [3.63, 3.8) is 0 Å². The van der Waals surface area contributed by atoms with Gasteiger partial charge in [-0.2, -0.15) is 0 Å². The van der Waals surface area contributed by atoms with Crippen molar-refractivity contribution in [2.75, 3.05) is 11.9 Å². The Morgan fingerprint density at radius 3 is 1.58 bits per heavy atom. The van der Waals surface area contributed by atoms with Crippen molar-refractivity contribution in [1.82, 2.24) is 4.90 Å². The molecule has 2 atom stereocenters. The standard InChI is InChI=1S/C27H18Cl2N2O5/c28-26-16-5-1-2-6-17(16)27(29,19-8-4-3-7-18(19)26)22-21(26)23(33)31(24(22)34)13-20(32)30-15-11-9-14(10-12-15)25(35)36/h1-12,21-22H,13H2,(H,30,32)(H,35,36)/t21-,22-,26?,27?/m0/s1. The van der Waals surface area contributed by atoms with Crippen LogP contribution in [0.15, 0.2) is 72.8 Å². The second-order valence-electron chi connectivity index (χ2n) is 9.16. The van der Waals surface area contributed by atoms with E-state index < -0.39 is 51.8 Å². The Morgan fingerprint density at radius 1 is 0.778 bits per heavy atom. The molecule has 3 aromatic carbocycles. The van der Waals surface area contributed by atoms with E-state index in [4.69, 9.17) is 28.3 Å². The summed E-state index contributed by atoms with van der Waals surface area (Å²) >= 11 is 14.7. The third kappa shape index (κ3) is 2.81. The Balaban J connectivity index is 1.37. The highest BCUT2D eigenvalue weighted by Gasteiger charge is 2.73. The maximum Gasteiger partial charge on any atom is 0.335 e. The lowest BCUT2D eigenvalue weighted by Gasteiger charge is -2.54. The molecule has 3 aliphatic carbocycles. The third-order valence-corrected chi connectivity index (χ3v) is 8.68. The van der Waals surface area contributed by atoms with Crippen molar-refractivity contribution in [3.05, 3.63) is 101 Å². The van der Waals surface area contributed by atoms with Crippen LogP contribution in [0.4, 0.5) is 5.69 Å². The first kappa shape index (κ1) is 22.8. The van der Waals surface area contributed by atoms with Crippen LogP contribution < -0.4 is 5.32 Å². The largest absolute Gasteiger partial charge is 0.478 e. The average molecular weight is 521 g/mol. The van der Waals surface area contributed by atoms with Gasteiger partial charge in [-0.3, -0.25) is 19.3 Å². The number of halogens is 2. The number of aromatic carboxylic acids is 1. The molecule has 0 saturated carbocycles. The van der Waals surface area contributed by atoms with Crippen LogP contribution in [-0.4, -0.2) is 40.2 Å². The van der Waals surface area contributed by atoms with Crippen molar-refractivity contribution in [2.24, 2.45) is 11.8 Å². The number of nitrogens with zero attached hydrogens (tertiary/aromatic N) is 1. The van der Waals surface area contributed by atoms with Gasteiger partial charge in [-0.05, 0) is 46.5 Å². The van der Waals surface area contributed by atoms with Crippen LogP contribution in [-0.2, 0) is 24.1 Å². The summed E-state index contributed by atoms with van der Waals surface area (Å²) in [6, 6.07) is 20.2. The highest BCUT2D eigenvalue weighted by molar-refractivity contribution is 6.36. The molecule has 180 valence electrons. The number of imide groups is 1. The summed E-state index contributed by atoms with van der Waals surface area (Å²) in [5.74, 6) is -4.75. The SMILES string of the molecule is O=C(CN1C(=O)[C@@H]2[C@@H](C1=O)C1(Cl)c3ccccc3C2(Cl)c2ccccc21)Nc1ccc(C(=O)O)cc1. The fourth-order valence-corrected chi connectivity index (χ4v) is 7.02. The summed E-state index contributed by atoms with van der Waals surface area (Å²) in [5.41, 5.74) is 3.15. The van der Waals surface area contributed by atoms with Crippen molar-refractivity contribution < 1.29 is 24.3 Å². The Labute approximate surface area is 215 Å². The zero-order valence-electron chi connectivity index (χ0n) is 18.6. The Morgan fingerprint density at radius 2 is 1.19 bits per heavy atom. The van der Waals surface area contributed by atoms with Gasteiger partial charge in [0.25, 0.3) is 0 Å². The molecular weight excluding hydrogens is 503 g/mol. The molecule has 7 nitrogen and oxygen atoms in total. The second kappa shape index (κ2) is 7.66. The number of amides is 3. The van der Waals surface area contributed by atoms with Crippen molar-refractivity contribution >= 4 is 52.6 Å². The number of nitrogens with one attached hydrogen (secondary N) is 1. The van der Waals surface area contributed by atoms with Crippen LogP contribution in [0.25, 0.3) is 0 Å². The van der Waals surface area contributed by atoms with E-state index in [0.717, 1.165) is 4.90 Å². The molecule has 0 radical (unpaired) electrons. The molecule has 0 spiro atoms. The van der Waals surface area contributed by atoms with Crippen LogP contribution in [0, 0.1) is 11.8 Å². The number of rotatable bonds is 4. The van der Waals surface area contributed by atoms with E-state index in [9.17, 15) is 19.2 Å². The van der Waals surface area contributed by atoms with Gasteiger partial charge in [-0.15, -0.1) is 23.2 Å². The lowest BCUT2D eigenvalue weighted by molar-refractivity contribution is -0.142. The first-order valence-corrected chi connectivity index (χ1v) is 12.0. The number of carbonyl (C=O) groups excluding carboxylic acids is 3. The highest BCUT2D eigenvalue weighted by atomic mass is 35.5. The Kier molecular flexibility index (Phi) is 4.84. The van der Waals surface area contributed by atoms with Gasteiger partial charge in [-0.25, -0.2) is 4.79 Å². The number of hydrogen-bond donors (Lipinski definition) is 2. The highest BCUT2D eigenvalue weighted by Crippen LogP contribution is 2.69. The van der Waals surface area contributed by atoms with Crippen molar-refractivity contribution in [2.45, 2.75) is 9.75 Å². The Hall–Kier alpha value is -3.68. The first-order chi connectivity index (χ1) is 17.2. The molecule has 1 heterocycles. The summed E-state index contributed by atoms with van der Waals surface area (Å²) in [4.78, 5) is 49.6. The van der Waals surface area contributed by atoms with Crippen molar-refractivity contribution in [3.8, 4) is 0 Å². The molecule has 1 saturated heterocycles. The first-order valence-electron chi connectivity index (χ1n) is 11.2. The zero-order chi connectivity index (χ0) is 25.4. The molecular formula is C27H18Cl2N2O5. The summed E-state index contributed by atoms with van der Waals surface area (Å²) in [5, 5.41) is 11.6. The molecule has 1 aliphatic heterocycles. The molecule has 2 N–H and O–H groups in total. The number of carboxylic acid groups (broad SMARTS) is 1. The van der Waals surface area contributed by atoms with Gasteiger partial charge in [0, 0.05) is 5.69 Å². The van der Waals surface area contributed by atoms with E-state index in [2.05, 4.69) is 5.32 Å². The Bertz CT molecular complexity index is 1360. The van der Waals surface area contributed by atoms with Crippen molar-refractivity contribution in [1.29, 1.82) is 0 Å². The minimum Gasteiger partial charge on any atom is -0.478 e. The van der Waals surface area contributed by atoms with Gasteiger partial charge in [-0.1, -0.05) is 48.5 Å². The van der Waals surface area contributed by atoms with Crippen LogP contribution in [0.3, 0.4) is 0 Å². The monoisotopic (exact) mass is 520 g/mol. The molecule has 3 amide bonds. The van der Waals surface area contributed by atoms with E-state index in [1.54, 1.807) is 0 Å². The van der Waals surface area contributed by atoms with Crippen LogP contribution >= 0.6 is 23.2 Å². The topological polar surface area (TPSA) is 104 Å². The van der Waals surface area contributed by atoms with E-state index in [-0.39, 0.29) is 5.56 Å². The van der Waals surface area contributed by atoms with E-state index >= 15 is 0 Å².